The first-order chi connectivity index (χ1) is 7.22. The van der Waals surface area contributed by atoms with Crippen molar-refractivity contribution in [1.82, 2.24) is 10.6 Å². The van der Waals surface area contributed by atoms with Crippen molar-refractivity contribution in [3.8, 4) is 0 Å². The number of hydrogen-bond donors (Lipinski definition) is 2. The molecular weight excluding hydrogens is 228 g/mol. The van der Waals surface area contributed by atoms with E-state index in [1.807, 2.05) is 13.0 Å². The molecule has 2 unspecified atom stereocenters. The first-order valence-corrected chi connectivity index (χ1v) is 5.45. The third-order valence-corrected chi connectivity index (χ3v) is 2.35. The Morgan fingerprint density at radius 1 is 1.75 bits per heavy atom. The molecule has 1 heterocycles. The number of carbonyl (C=O) groups is 1. The van der Waals surface area contributed by atoms with Crippen LogP contribution in [0.1, 0.15) is 19.8 Å². The highest BCUT2D eigenvalue weighted by Crippen LogP contribution is 2.02. The van der Waals surface area contributed by atoms with Crippen LogP contribution in [0.3, 0.4) is 0 Å². The van der Waals surface area contributed by atoms with Crippen molar-refractivity contribution in [2.45, 2.75) is 31.9 Å². The predicted octanol–water partition coefficient (Wildman–Crippen LogP) is 0.867. The third kappa shape index (κ3) is 6.10. The average molecular weight is 249 g/mol. The van der Waals surface area contributed by atoms with Crippen LogP contribution in [0, 0.1) is 0 Å². The second kappa shape index (κ2) is 8.56. The molecule has 4 nitrogen and oxygen atoms in total. The number of morpholine rings is 1. The summed E-state index contributed by atoms with van der Waals surface area (Å²) in [6, 6.07) is 0.159. The molecule has 1 aliphatic heterocycles. The SMILES string of the molecule is C=CCC(C)NC(=O)CC1CNCCO1.Cl. The van der Waals surface area contributed by atoms with Crippen LogP contribution in [-0.2, 0) is 9.53 Å². The van der Waals surface area contributed by atoms with Gasteiger partial charge in [0, 0.05) is 19.1 Å². The molecule has 0 aliphatic carbocycles. The van der Waals surface area contributed by atoms with Crippen LogP contribution in [0.2, 0.25) is 0 Å². The maximum atomic E-state index is 11.5. The molecule has 1 amide bonds. The first kappa shape index (κ1) is 15.4. The minimum atomic E-state index is 0. The molecule has 94 valence electrons. The van der Waals surface area contributed by atoms with Gasteiger partial charge in [-0.1, -0.05) is 6.08 Å². The van der Waals surface area contributed by atoms with Crippen LogP contribution in [0.5, 0.6) is 0 Å². The largest absolute Gasteiger partial charge is 0.375 e. The van der Waals surface area contributed by atoms with Crippen molar-refractivity contribution < 1.29 is 9.53 Å². The fraction of sp³-hybridized carbons (Fsp3) is 0.727. The molecule has 5 heteroatoms. The highest BCUT2D eigenvalue weighted by molar-refractivity contribution is 5.85. The summed E-state index contributed by atoms with van der Waals surface area (Å²) in [7, 11) is 0. The lowest BCUT2D eigenvalue weighted by atomic mass is 10.2. The Labute approximate surface area is 103 Å². The lowest BCUT2D eigenvalue weighted by Gasteiger charge is -2.23. The summed E-state index contributed by atoms with van der Waals surface area (Å²) in [5, 5.41) is 6.11. The normalized spacial score (nSPS) is 21.7. The zero-order valence-electron chi connectivity index (χ0n) is 9.70. The van der Waals surface area contributed by atoms with Crippen molar-refractivity contribution in [1.29, 1.82) is 0 Å². The molecule has 1 rings (SSSR count). The summed E-state index contributed by atoms with van der Waals surface area (Å²) in [6.45, 7) is 7.95. The summed E-state index contributed by atoms with van der Waals surface area (Å²) in [5.41, 5.74) is 0. The number of hydrogen-bond acceptors (Lipinski definition) is 3. The van der Waals surface area contributed by atoms with Crippen LogP contribution < -0.4 is 10.6 Å². The van der Waals surface area contributed by atoms with Gasteiger partial charge in [0.25, 0.3) is 0 Å². The smallest absolute Gasteiger partial charge is 0.222 e. The molecule has 0 bridgehead atoms. The van der Waals surface area contributed by atoms with Gasteiger partial charge in [-0.25, -0.2) is 0 Å². The van der Waals surface area contributed by atoms with Crippen LogP contribution >= 0.6 is 12.4 Å². The fourth-order valence-corrected chi connectivity index (χ4v) is 1.60. The molecule has 1 aliphatic rings. The van der Waals surface area contributed by atoms with Crippen LogP contribution in [0.15, 0.2) is 12.7 Å². The van der Waals surface area contributed by atoms with Gasteiger partial charge >= 0.3 is 0 Å². The quantitative estimate of drug-likeness (QED) is 0.710. The minimum absolute atomic E-state index is 0. The highest BCUT2D eigenvalue weighted by atomic mass is 35.5. The summed E-state index contributed by atoms with van der Waals surface area (Å²) in [4.78, 5) is 11.5. The molecule has 2 atom stereocenters. The van der Waals surface area contributed by atoms with E-state index in [4.69, 9.17) is 4.74 Å². The van der Waals surface area contributed by atoms with Gasteiger partial charge in [0.05, 0.1) is 19.1 Å². The van der Waals surface area contributed by atoms with Gasteiger partial charge in [-0.05, 0) is 13.3 Å². The Bertz CT molecular complexity index is 218. The lowest BCUT2D eigenvalue weighted by molar-refractivity contribution is -0.125. The maximum Gasteiger partial charge on any atom is 0.222 e. The van der Waals surface area contributed by atoms with Crippen molar-refractivity contribution in [3.05, 3.63) is 12.7 Å². The Balaban J connectivity index is 0.00000225. The molecule has 0 aromatic rings. The van der Waals surface area contributed by atoms with Gasteiger partial charge in [-0.3, -0.25) is 4.79 Å². The summed E-state index contributed by atoms with van der Waals surface area (Å²) >= 11 is 0. The van der Waals surface area contributed by atoms with Gasteiger partial charge in [0.2, 0.25) is 5.91 Å². The second-order valence-electron chi connectivity index (χ2n) is 3.89. The van der Waals surface area contributed by atoms with Crippen molar-refractivity contribution in [2.75, 3.05) is 19.7 Å². The molecule has 16 heavy (non-hydrogen) atoms. The van der Waals surface area contributed by atoms with Crippen molar-refractivity contribution in [2.24, 2.45) is 0 Å². The van der Waals surface area contributed by atoms with E-state index in [0.29, 0.717) is 13.0 Å². The third-order valence-electron chi connectivity index (χ3n) is 2.35. The Hall–Kier alpha value is -0.580. The number of rotatable bonds is 5. The minimum Gasteiger partial charge on any atom is -0.375 e. The zero-order valence-corrected chi connectivity index (χ0v) is 10.5. The standard InChI is InChI=1S/C11H20N2O2.ClH/c1-3-4-9(2)13-11(14)7-10-8-12-5-6-15-10;/h3,9-10,12H,1,4-8H2,2H3,(H,13,14);1H. The van der Waals surface area contributed by atoms with Gasteiger partial charge < -0.3 is 15.4 Å². The topological polar surface area (TPSA) is 50.4 Å². The predicted molar refractivity (Wildman–Crippen MR) is 66.9 cm³/mol. The Kier molecular flexibility index (Phi) is 8.25. The molecule has 0 aromatic heterocycles. The average Bonchev–Trinajstić information content (AvgIpc) is 2.19. The highest BCUT2D eigenvalue weighted by Gasteiger charge is 2.17. The van der Waals surface area contributed by atoms with Gasteiger partial charge in [-0.15, -0.1) is 19.0 Å². The monoisotopic (exact) mass is 248 g/mol. The Morgan fingerprint density at radius 2 is 2.50 bits per heavy atom. The van der Waals surface area contributed by atoms with E-state index in [-0.39, 0.29) is 30.5 Å². The number of halogens is 1. The molecule has 2 N–H and O–H groups in total. The number of nitrogens with one attached hydrogen (secondary N) is 2. The van der Waals surface area contributed by atoms with E-state index in [2.05, 4.69) is 17.2 Å². The van der Waals surface area contributed by atoms with E-state index in [9.17, 15) is 4.79 Å². The molecular formula is C11H21ClN2O2. The van der Waals surface area contributed by atoms with Gasteiger partial charge in [0.15, 0.2) is 0 Å². The van der Waals surface area contributed by atoms with Gasteiger partial charge in [0.1, 0.15) is 0 Å². The van der Waals surface area contributed by atoms with Crippen molar-refractivity contribution in [3.63, 3.8) is 0 Å². The molecule has 0 spiro atoms. The zero-order chi connectivity index (χ0) is 11.1. The number of carbonyl (C=O) groups excluding carboxylic acids is 1. The van der Waals surface area contributed by atoms with E-state index in [0.717, 1.165) is 19.5 Å². The van der Waals surface area contributed by atoms with E-state index in [1.54, 1.807) is 0 Å². The summed E-state index contributed by atoms with van der Waals surface area (Å²) in [6.07, 6.45) is 3.07. The van der Waals surface area contributed by atoms with E-state index >= 15 is 0 Å². The maximum absolute atomic E-state index is 11.5. The van der Waals surface area contributed by atoms with Crippen LogP contribution in [0.4, 0.5) is 0 Å². The lowest BCUT2D eigenvalue weighted by Crippen LogP contribution is -2.42. The molecule has 0 saturated carbocycles. The molecule has 1 fully saturated rings. The summed E-state index contributed by atoms with van der Waals surface area (Å²) in [5.74, 6) is 0.0538. The second-order valence-corrected chi connectivity index (χ2v) is 3.89. The van der Waals surface area contributed by atoms with Crippen LogP contribution in [0.25, 0.3) is 0 Å². The number of amides is 1. The van der Waals surface area contributed by atoms with E-state index < -0.39 is 0 Å². The van der Waals surface area contributed by atoms with Crippen LogP contribution in [-0.4, -0.2) is 37.7 Å². The number of ether oxygens (including phenoxy) is 1. The first-order valence-electron chi connectivity index (χ1n) is 5.45. The molecule has 0 radical (unpaired) electrons. The van der Waals surface area contributed by atoms with Crippen molar-refractivity contribution >= 4 is 18.3 Å². The van der Waals surface area contributed by atoms with E-state index in [1.165, 1.54) is 0 Å². The van der Waals surface area contributed by atoms with Gasteiger partial charge in [-0.2, -0.15) is 0 Å². The Morgan fingerprint density at radius 3 is 3.06 bits per heavy atom. The fourth-order valence-electron chi connectivity index (χ4n) is 1.60. The molecule has 1 saturated heterocycles. The summed E-state index contributed by atoms with van der Waals surface area (Å²) < 4.78 is 5.45. The molecule has 0 aromatic carbocycles.